The molecule has 0 aliphatic heterocycles. The standard InChI is InChI=1S/C72H137NO5/c1-3-5-7-9-11-13-15-16-17-18-32-35-38-41-45-48-52-56-60-64-70(75)69(68-74)73-71(76)65-61-57-53-49-46-42-39-36-33-30-28-26-24-22-20-19-21-23-25-27-29-31-34-37-40-43-47-51-55-59-63-67-78-72(77)66-62-58-54-50-44-14-12-10-8-6-4-2/h10,12,21,23,60,64,69-70,74-75H,3-9,11,13-20,22,24-59,61-63,65-68H2,1-2H3,(H,73,76)/b12-10-,23-21-,64-60+. The van der Waals surface area contributed by atoms with Gasteiger partial charge < -0.3 is 20.3 Å². The molecule has 460 valence electrons. The van der Waals surface area contributed by atoms with Crippen molar-refractivity contribution in [1.29, 1.82) is 0 Å². The molecule has 0 spiro atoms. The van der Waals surface area contributed by atoms with Crippen molar-refractivity contribution >= 4 is 11.9 Å². The third kappa shape index (κ3) is 63.3. The van der Waals surface area contributed by atoms with Crippen LogP contribution in [0.15, 0.2) is 36.5 Å². The van der Waals surface area contributed by atoms with Crippen LogP contribution >= 0.6 is 0 Å². The van der Waals surface area contributed by atoms with Crippen LogP contribution in [0.1, 0.15) is 386 Å². The fourth-order valence-corrected chi connectivity index (χ4v) is 11.0. The summed E-state index contributed by atoms with van der Waals surface area (Å²) in [4.78, 5) is 24.5. The third-order valence-electron chi connectivity index (χ3n) is 16.4. The molecule has 0 radical (unpaired) electrons. The number of nitrogens with one attached hydrogen (secondary N) is 1. The number of ether oxygens (including phenoxy) is 1. The van der Waals surface area contributed by atoms with E-state index in [4.69, 9.17) is 4.74 Å². The largest absolute Gasteiger partial charge is 0.466 e. The Balaban J connectivity index is 3.39. The highest BCUT2D eigenvalue weighted by Gasteiger charge is 2.18. The quantitative estimate of drug-likeness (QED) is 0.0320. The van der Waals surface area contributed by atoms with Crippen molar-refractivity contribution < 1.29 is 24.5 Å². The average molecular weight is 1100 g/mol. The molecule has 6 nitrogen and oxygen atoms in total. The Labute approximate surface area is 487 Å². The molecule has 0 aromatic heterocycles. The van der Waals surface area contributed by atoms with E-state index in [0.717, 1.165) is 44.9 Å². The number of amides is 1. The Kier molecular flexibility index (Phi) is 65.9. The van der Waals surface area contributed by atoms with E-state index in [2.05, 4.69) is 43.5 Å². The van der Waals surface area contributed by atoms with Crippen LogP contribution in [-0.4, -0.2) is 47.4 Å². The molecule has 78 heavy (non-hydrogen) atoms. The lowest BCUT2D eigenvalue weighted by Crippen LogP contribution is -2.45. The van der Waals surface area contributed by atoms with Crippen LogP contribution < -0.4 is 5.32 Å². The summed E-state index contributed by atoms with van der Waals surface area (Å²) < 4.78 is 5.47. The smallest absolute Gasteiger partial charge is 0.305 e. The lowest BCUT2D eigenvalue weighted by atomic mass is 10.0. The fourth-order valence-electron chi connectivity index (χ4n) is 11.0. The van der Waals surface area contributed by atoms with Gasteiger partial charge in [0.15, 0.2) is 0 Å². The van der Waals surface area contributed by atoms with Gasteiger partial charge in [0.1, 0.15) is 0 Å². The minimum atomic E-state index is -0.844. The van der Waals surface area contributed by atoms with Gasteiger partial charge in [-0.2, -0.15) is 0 Å². The predicted octanol–water partition coefficient (Wildman–Crippen LogP) is 22.7. The fraction of sp³-hybridized carbons (Fsp3) is 0.889. The van der Waals surface area contributed by atoms with Gasteiger partial charge in [0.25, 0.3) is 0 Å². The molecule has 0 saturated carbocycles. The van der Waals surface area contributed by atoms with E-state index >= 15 is 0 Å². The number of carbonyl (C=O) groups is 2. The van der Waals surface area contributed by atoms with Crippen molar-refractivity contribution in [2.75, 3.05) is 13.2 Å². The molecule has 6 heteroatoms. The second-order valence-electron chi connectivity index (χ2n) is 24.2. The summed E-state index contributed by atoms with van der Waals surface area (Å²) in [5, 5.41) is 23.2. The first kappa shape index (κ1) is 76.1. The number of carbonyl (C=O) groups excluding carboxylic acids is 2. The molecule has 3 N–H and O–H groups in total. The van der Waals surface area contributed by atoms with Crippen molar-refractivity contribution in [2.24, 2.45) is 0 Å². The SMILES string of the molecule is CCCC/C=C\CCCCCCCC(=O)OCCCCCCCCCCCCCC/C=C\CCCCCCCCCCCCCCCCCC(=O)NC(CO)C(O)/C=C/CCCCCCCCCCCCCCCCCCC. The van der Waals surface area contributed by atoms with Crippen LogP contribution in [0.5, 0.6) is 0 Å². The van der Waals surface area contributed by atoms with Crippen LogP contribution in [0, 0.1) is 0 Å². The highest BCUT2D eigenvalue weighted by atomic mass is 16.5. The minimum Gasteiger partial charge on any atom is -0.466 e. The molecule has 0 aliphatic carbocycles. The molecule has 0 heterocycles. The normalized spacial score (nSPS) is 12.7. The van der Waals surface area contributed by atoms with Crippen LogP contribution in [0.3, 0.4) is 0 Å². The van der Waals surface area contributed by atoms with Crippen LogP contribution in [-0.2, 0) is 14.3 Å². The number of aliphatic hydroxyl groups excluding tert-OH is 2. The van der Waals surface area contributed by atoms with Crippen molar-refractivity contribution in [3.63, 3.8) is 0 Å². The summed E-state index contributed by atoms with van der Waals surface area (Å²) in [6.45, 7) is 4.90. The van der Waals surface area contributed by atoms with Crippen LogP contribution in [0.4, 0.5) is 0 Å². The maximum Gasteiger partial charge on any atom is 0.305 e. The van der Waals surface area contributed by atoms with E-state index < -0.39 is 12.1 Å². The summed E-state index contributed by atoms with van der Waals surface area (Å²) in [7, 11) is 0. The Bertz CT molecular complexity index is 1260. The molecule has 0 aromatic rings. The number of rotatable bonds is 66. The lowest BCUT2D eigenvalue weighted by Gasteiger charge is -2.20. The van der Waals surface area contributed by atoms with Gasteiger partial charge in [0.05, 0.1) is 25.4 Å². The zero-order chi connectivity index (χ0) is 56.4. The Morgan fingerprint density at radius 1 is 0.346 bits per heavy atom. The number of unbranched alkanes of at least 4 members (excludes halogenated alkanes) is 51. The van der Waals surface area contributed by atoms with Crippen molar-refractivity contribution in [1.82, 2.24) is 5.32 Å². The first-order valence-corrected chi connectivity index (χ1v) is 35.3. The van der Waals surface area contributed by atoms with Crippen molar-refractivity contribution in [3.05, 3.63) is 36.5 Å². The number of aliphatic hydroxyl groups is 2. The zero-order valence-corrected chi connectivity index (χ0v) is 52.7. The zero-order valence-electron chi connectivity index (χ0n) is 52.7. The number of hydrogen-bond donors (Lipinski definition) is 3. The monoisotopic (exact) mass is 1100 g/mol. The van der Waals surface area contributed by atoms with Gasteiger partial charge in [-0.1, -0.05) is 333 Å². The number of allylic oxidation sites excluding steroid dienone is 5. The van der Waals surface area contributed by atoms with Crippen LogP contribution in [0.25, 0.3) is 0 Å². The Morgan fingerprint density at radius 2 is 0.615 bits per heavy atom. The molecular formula is C72H137NO5. The van der Waals surface area contributed by atoms with Gasteiger partial charge in [-0.25, -0.2) is 0 Å². The first-order valence-electron chi connectivity index (χ1n) is 35.3. The summed E-state index contributed by atoms with van der Waals surface area (Å²) in [6, 6.07) is -0.627. The van der Waals surface area contributed by atoms with E-state index in [-0.39, 0.29) is 18.5 Å². The molecule has 2 atom stereocenters. The van der Waals surface area contributed by atoms with Crippen LogP contribution in [0.2, 0.25) is 0 Å². The first-order chi connectivity index (χ1) is 38.5. The summed E-state index contributed by atoms with van der Waals surface area (Å²) in [5.41, 5.74) is 0. The van der Waals surface area contributed by atoms with E-state index in [1.807, 2.05) is 6.08 Å². The van der Waals surface area contributed by atoms with Crippen molar-refractivity contribution in [3.8, 4) is 0 Å². The predicted molar refractivity (Wildman–Crippen MR) is 343 cm³/mol. The minimum absolute atomic E-state index is 0.00648. The van der Waals surface area contributed by atoms with Gasteiger partial charge in [0, 0.05) is 12.8 Å². The second kappa shape index (κ2) is 67.6. The molecule has 2 unspecified atom stereocenters. The van der Waals surface area contributed by atoms with Gasteiger partial charge in [0.2, 0.25) is 5.91 Å². The molecule has 0 aromatic carbocycles. The molecule has 0 saturated heterocycles. The Hall–Kier alpha value is -1.92. The molecule has 0 fully saturated rings. The molecule has 0 rings (SSSR count). The highest BCUT2D eigenvalue weighted by Crippen LogP contribution is 2.18. The topological polar surface area (TPSA) is 95.9 Å². The molecule has 0 bridgehead atoms. The molecule has 1 amide bonds. The summed E-state index contributed by atoms with van der Waals surface area (Å²) in [5.74, 6) is -0.0561. The van der Waals surface area contributed by atoms with E-state index in [1.54, 1.807) is 6.08 Å². The number of hydrogen-bond acceptors (Lipinski definition) is 5. The van der Waals surface area contributed by atoms with Crippen molar-refractivity contribution in [2.45, 2.75) is 398 Å². The van der Waals surface area contributed by atoms with Gasteiger partial charge >= 0.3 is 5.97 Å². The summed E-state index contributed by atoms with van der Waals surface area (Å²) in [6.07, 6.45) is 86.6. The summed E-state index contributed by atoms with van der Waals surface area (Å²) >= 11 is 0. The maximum atomic E-state index is 12.5. The van der Waals surface area contributed by atoms with E-state index in [9.17, 15) is 19.8 Å². The molecule has 0 aliphatic rings. The van der Waals surface area contributed by atoms with E-state index in [0.29, 0.717) is 19.4 Å². The van der Waals surface area contributed by atoms with Gasteiger partial charge in [-0.15, -0.1) is 0 Å². The average Bonchev–Trinajstić information content (AvgIpc) is 3.44. The molecular weight excluding hydrogens is 959 g/mol. The van der Waals surface area contributed by atoms with E-state index in [1.165, 1.54) is 315 Å². The third-order valence-corrected chi connectivity index (χ3v) is 16.4. The Morgan fingerprint density at radius 3 is 0.949 bits per heavy atom. The second-order valence-corrected chi connectivity index (χ2v) is 24.2. The highest BCUT2D eigenvalue weighted by molar-refractivity contribution is 5.76. The van der Waals surface area contributed by atoms with Gasteiger partial charge in [-0.05, 0) is 77.0 Å². The maximum absolute atomic E-state index is 12.5. The lowest BCUT2D eigenvalue weighted by molar-refractivity contribution is -0.143. The number of esters is 1. The van der Waals surface area contributed by atoms with Gasteiger partial charge in [-0.3, -0.25) is 9.59 Å².